The number of nitrogens with one attached hydrogen (secondary N) is 1. The first kappa shape index (κ1) is 19.2. The number of hydrogen-bond acceptors (Lipinski definition) is 2. The van der Waals surface area contributed by atoms with Crippen molar-refractivity contribution in [2.45, 2.75) is 37.2 Å². The Morgan fingerprint density at radius 2 is 2.04 bits per heavy atom. The molecule has 2 unspecified atom stereocenters. The van der Waals surface area contributed by atoms with Crippen LogP contribution in [0.15, 0.2) is 51.8 Å². The zero-order chi connectivity index (χ0) is 18.7. The highest BCUT2D eigenvalue weighted by Gasteiger charge is 2.34. The Kier molecular flexibility index (Phi) is 6.21. The predicted molar refractivity (Wildman–Crippen MR) is 103 cm³/mol. The fourth-order valence-corrected chi connectivity index (χ4v) is 5.13. The molecule has 26 heavy (non-hydrogen) atoms. The first-order valence-electron chi connectivity index (χ1n) is 8.42. The van der Waals surface area contributed by atoms with E-state index >= 15 is 0 Å². The zero-order valence-corrected chi connectivity index (χ0v) is 16.8. The van der Waals surface area contributed by atoms with E-state index in [2.05, 4.69) is 21.2 Å². The number of amides is 1. The van der Waals surface area contributed by atoms with Gasteiger partial charge in [-0.05, 0) is 67.3 Å². The Morgan fingerprint density at radius 3 is 2.73 bits per heavy atom. The minimum Gasteiger partial charge on any atom is -0.351 e. The summed E-state index contributed by atoms with van der Waals surface area (Å²) in [6.45, 7) is 3.01. The van der Waals surface area contributed by atoms with Crippen molar-refractivity contribution in [3.8, 4) is 0 Å². The largest absolute Gasteiger partial charge is 0.351 e. The van der Waals surface area contributed by atoms with E-state index in [0.717, 1.165) is 22.0 Å². The number of rotatable bonds is 5. The van der Waals surface area contributed by atoms with Gasteiger partial charge in [0.1, 0.15) is 22.8 Å². The maximum absolute atomic E-state index is 13.1. The van der Waals surface area contributed by atoms with Gasteiger partial charge in [0.15, 0.2) is 0 Å². The summed E-state index contributed by atoms with van der Waals surface area (Å²) in [5.74, 6) is -0.499. The number of hydrogen-bond donors (Lipinski definition) is 1. The van der Waals surface area contributed by atoms with Gasteiger partial charge in [-0.15, -0.1) is 0 Å². The van der Waals surface area contributed by atoms with Crippen LogP contribution in [0.1, 0.15) is 24.0 Å². The van der Waals surface area contributed by atoms with Gasteiger partial charge in [-0.1, -0.05) is 22.0 Å². The molecule has 0 spiro atoms. The maximum Gasteiger partial charge on any atom is 0.238 e. The normalized spacial score (nSPS) is 18.7. The van der Waals surface area contributed by atoms with Gasteiger partial charge in [0.05, 0.1) is 4.90 Å². The highest BCUT2D eigenvalue weighted by molar-refractivity contribution is 9.10. The molecule has 1 N–H and O–H groups in total. The summed E-state index contributed by atoms with van der Waals surface area (Å²) in [5.41, 5.74) is 2.12. The van der Waals surface area contributed by atoms with Crippen LogP contribution in [0.5, 0.6) is 0 Å². The molecule has 0 aromatic heterocycles. The monoisotopic (exact) mass is 438 g/mol. The van der Waals surface area contributed by atoms with Gasteiger partial charge in [0.2, 0.25) is 5.91 Å². The first-order chi connectivity index (χ1) is 12.4. The molecule has 7 heteroatoms. The second kappa shape index (κ2) is 8.41. The predicted octanol–water partition coefficient (Wildman–Crippen LogP) is 3.70. The van der Waals surface area contributed by atoms with Crippen LogP contribution >= 0.6 is 15.9 Å². The molecule has 1 aliphatic heterocycles. The fraction of sp³-hybridized carbons (Fsp3) is 0.316. The quantitative estimate of drug-likeness (QED) is 0.773. The van der Waals surface area contributed by atoms with Crippen molar-refractivity contribution in [2.24, 2.45) is 0 Å². The topological polar surface area (TPSA) is 49.4 Å². The van der Waals surface area contributed by atoms with E-state index in [9.17, 15) is 13.4 Å². The molecule has 2 atom stereocenters. The smallest absolute Gasteiger partial charge is 0.238 e. The lowest BCUT2D eigenvalue weighted by Crippen LogP contribution is -2.43. The standard InChI is InChI=1S/C19H20BrFN2O2S/c1-13-9-14(11-15(20)10-13)12-22-19(24)18-3-2-8-23(18)26(25)17-6-4-16(21)5-7-17/h4-7,9-11,18H,2-3,8,12H2,1H3,(H,22,24). The lowest BCUT2D eigenvalue weighted by atomic mass is 10.1. The number of carbonyl (C=O) groups excluding carboxylic acids is 1. The van der Waals surface area contributed by atoms with Crippen LogP contribution in [-0.4, -0.2) is 27.0 Å². The van der Waals surface area contributed by atoms with E-state index in [1.54, 1.807) is 4.31 Å². The lowest BCUT2D eigenvalue weighted by Gasteiger charge is -2.22. The molecule has 0 saturated carbocycles. The number of halogens is 2. The van der Waals surface area contributed by atoms with Gasteiger partial charge >= 0.3 is 0 Å². The van der Waals surface area contributed by atoms with Gasteiger partial charge in [-0.2, -0.15) is 0 Å². The van der Waals surface area contributed by atoms with Crippen LogP contribution in [-0.2, 0) is 22.3 Å². The molecule has 1 fully saturated rings. The van der Waals surface area contributed by atoms with Gasteiger partial charge in [-0.25, -0.2) is 12.9 Å². The SMILES string of the molecule is Cc1cc(Br)cc(CNC(=O)C2CCCN2S(=O)c2ccc(F)cc2)c1. The van der Waals surface area contributed by atoms with Crippen LogP contribution < -0.4 is 5.32 Å². The summed E-state index contributed by atoms with van der Waals surface area (Å²) >= 11 is 3.46. The summed E-state index contributed by atoms with van der Waals surface area (Å²) in [4.78, 5) is 13.1. The molecule has 3 rings (SSSR count). The molecule has 0 aliphatic carbocycles. The van der Waals surface area contributed by atoms with E-state index in [1.807, 2.05) is 25.1 Å². The molecular formula is C19H20BrFN2O2S. The Bertz CT molecular complexity index is 809. The second-order valence-corrected chi connectivity index (χ2v) is 8.71. The third-order valence-electron chi connectivity index (χ3n) is 4.30. The van der Waals surface area contributed by atoms with Crippen molar-refractivity contribution in [3.63, 3.8) is 0 Å². The Hall–Kier alpha value is -1.57. The van der Waals surface area contributed by atoms with Crippen molar-refractivity contribution < 1.29 is 13.4 Å². The summed E-state index contributed by atoms with van der Waals surface area (Å²) in [6, 6.07) is 11.1. The van der Waals surface area contributed by atoms with Crippen molar-refractivity contribution in [2.75, 3.05) is 6.54 Å². The first-order valence-corrected chi connectivity index (χ1v) is 10.3. The van der Waals surface area contributed by atoms with Crippen molar-refractivity contribution in [3.05, 3.63) is 63.9 Å². The van der Waals surface area contributed by atoms with Crippen molar-refractivity contribution in [1.82, 2.24) is 9.62 Å². The minimum absolute atomic E-state index is 0.129. The molecule has 0 bridgehead atoms. The zero-order valence-electron chi connectivity index (χ0n) is 14.4. The summed E-state index contributed by atoms with van der Waals surface area (Å²) in [7, 11) is -1.47. The average molecular weight is 439 g/mol. The summed E-state index contributed by atoms with van der Waals surface area (Å²) < 4.78 is 28.5. The van der Waals surface area contributed by atoms with E-state index in [4.69, 9.17) is 0 Å². The van der Waals surface area contributed by atoms with E-state index in [1.165, 1.54) is 24.3 Å². The maximum atomic E-state index is 13.1. The fourth-order valence-electron chi connectivity index (χ4n) is 3.11. The molecule has 1 heterocycles. The molecular weight excluding hydrogens is 419 g/mol. The molecule has 0 radical (unpaired) electrons. The van der Waals surface area contributed by atoms with E-state index < -0.39 is 17.0 Å². The number of benzene rings is 2. The third kappa shape index (κ3) is 4.58. The highest BCUT2D eigenvalue weighted by Crippen LogP contribution is 2.24. The van der Waals surface area contributed by atoms with E-state index in [0.29, 0.717) is 24.4 Å². The average Bonchev–Trinajstić information content (AvgIpc) is 3.08. The van der Waals surface area contributed by atoms with Crippen LogP contribution in [0.2, 0.25) is 0 Å². The summed E-state index contributed by atoms with van der Waals surface area (Å²) in [5, 5.41) is 2.94. The molecule has 1 amide bonds. The van der Waals surface area contributed by atoms with Crippen LogP contribution in [0.25, 0.3) is 0 Å². The van der Waals surface area contributed by atoms with Crippen molar-refractivity contribution in [1.29, 1.82) is 0 Å². The molecule has 138 valence electrons. The Balaban J connectivity index is 1.66. The Labute approximate surface area is 163 Å². The Morgan fingerprint density at radius 1 is 1.31 bits per heavy atom. The minimum atomic E-state index is -1.47. The third-order valence-corrected chi connectivity index (χ3v) is 6.30. The van der Waals surface area contributed by atoms with Crippen molar-refractivity contribution >= 4 is 32.8 Å². The molecule has 1 aliphatic rings. The van der Waals surface area contributed by atoms with Gasteiger partial charge in [-0.3, -0.25) is 4.79 Å². The molecule has 1 saturated heterocycles. The highest BCUT2D eigenvalue weighted by atomic mass is 79.9. The van der Waals surface area contributed by atoms with Crippen LogP contribution in [0.3, 0.4) is 0 Å². The van der Waals surface area contributed by atoms with E-state index in [-0.39, 0.29) is 11.7 Å². The van der Waals surface area contributed by atoms with Gasteiger partial charge < -0.3 is 5.32 Å². The number of aryl methyl sites for hydroxylation is 1. The van der Waals surface area contributed by atoms with Crippen LogP contribution in [0.4, 0.5) is 4.39 Å². The summed E-state index contributed by atoms with van der Waals surface area (Å²) in [6.07, 6.45) is 1.47. The van der Waals surface area contributed by atoms with Crippen LogP contribution in [0, 0.1) is 12.7 Å². The van der Waals surface area contributed by atoms with Gasteiger partial charge in [0, 0.05) is 17.6 Å². The number of carbonyl (C=O) groups is 1. The van der Waals surface area contributed by atoms with Gasteiger partial charge in [0.25, 0.3) is 0 Å². The number of nitrogens with zero attached hydrogens (tertiary/aromatic N) is 1. The molecule has 2 aromatic carbocycles. The molecule has 2 aromatic rings. The second-order valence-electron chi connectivity index (χ2n) is 6.36. The lowest BCUT2D eigenvalue weighted by molar-refractivity contribution is -0.124. The molecule has 4 nitrogen and oxygen atoms in total.